The van der Waals surface area contributed by atoms with Crippen LogP contribution in [0.5, 0.6) is 0 Å². The molecule has 1 aromatic carbocycles. The van der Waals surface area contributed by atoms with Crippen molar-refractivity contribution in [2.75, 3.05) is 20.6 Å². The maximum atomic E-state index is 13.7. The van der Waals surface area contributed by atoms with Crippen LogP contribution in [0, 0.1) is 5.82 Å². The Balaban J connectivity index is 2.58. The molecule has 0 amide bonds. The van der Waals surface area contributed by atoms with E-state index in [0.29, 0.717) is 11.6 Å². The van der Waals surface area contributed by atoms with Gasteiger partial charge in [0.15, 0.2) is 0 Å². The number of hydrogen-bond acceptors (Lipinski definition) is 2. The van der Waals surface area contributed by atoms with E-state index in [-0.39, 0.29) is 11.9 Å². The van der Waals surface area contributed by atoms with Crippen LogP contribution in [0.4, 0.5) is 4.39 Å². The first-order chi connectivity index (χ1) is 8.40. The van der Waals surface area contributed by atoms with Crippen molar-refractivity contribution in [3.8, 4) is 0 Å². The van der Waals surface area contributed by atoms with Crippen LogP contribution in [0.25, 0.3) is 0 Å². The van der Waals surface area contributed by atoms with Gasteiger partial charge in [0.25, 0.3) is 0 Å². The van der Waals surface area contributed by atoms with E-state index in [1.54, 1.807) is 6.07 Å². The zero-order valence-electron chi connectivity index (χ0n) is 11.5. The predicted molar refractivity (Wildman–Crippen MR) is 78.3 cm³/mol. The molecule has 18 heavy (non-hydrogen) atoms. The molecule has 0 radical (unpaired) electrons. The summed E-state index contributed by atoms with van der Waals surface area (Å²) in [6, 6.07) is 5.44. The summed E-state index contributed by atoms with van der Waals surface area (Å²) in [6.07, 6.45) is 1.05. The van der Waals surface area contributed by atoms with Crippen molar-refractivity contribution in [2.24, 2.45) is 0 Å². The summed E-state index contributed by atoms with van der Waals surface area (Å²) in [6.45, 7) is 5.16. The molecule has 0 aromatic heterocycles. The summed E-state index contributed by atoms with van der Waals surface area (Å²) in [4.78, 5) is 2.16. The van der Waals surface area contributed by atoms with Crippen molar-refractivity contribution in [1.82, 2.24) is 10.2 Å². The summed E-state index contributed by atoms with van der Waals surface area (Å²) >= 11 is 3.38. The van der Waals surface area contributed by atoms with E-state index in [4.69, 9.17) is 0 Å². The third-order valence-corrected chi connectivity index (χ3v) is 3.46. The van der Waals surface area contributed by atoms with Crippen LogP contribution in [-0.4, -0.2) is 31.6 Å². The van der Waals surface area contributed by atoms with Crippen LogP contribution in [0.1, 0.15) is 31.9 Å². The molecule has 0 fully saturated rings. The standard InChI is InChI=1S/C14H22BrFN2/c1-10(7-8-18(3)4)17-11(2)13-9-12(15)5-6-14(13)16/h5-6,9-11,17H,7-8H2,1-4H3. The lowest BCUT2D eigenvalue weighted by Crippen LogP contribution is -2.32. The normalized spacial score (nSPS) is 14.8. The minimum Gasteiger partial charge on any atom is -0.309 e. The first kappa shape index (κ1) is 15.6. The number of hydrogen-bond donors (Lipinski definition) is 1. The summed E-state index contributed by atoms with van der Waals surface area (Å²) in [5, 5.41) is 3.43. The zero-order valence-corrected chi connectivity index (χ0v) is 13.1. The monoisotopic (exact) mass is 316 g/mol. The van der Waals surface area contributed by atoms with Gasteiger partial charge in [0.05, 0.1) is 0 Å². The highest BCUT2D eigenvalue weighted by Gasteiger charge is 2.13. The van der Waals surface area contributed by atoms with E-state index in [9.17, 15) is 4.39 Å². The number of benzene rings is 1. The highest BCUT2D eigenvalue weighted by atomic mass is 79.9. The van der Waals surface area contributed by atoms with Crippen LogP contribution in [-0.2, 0) is 0 Å². The van der Waals surface area contributed by atoms with Gasteiger partial charge >= 0.3 is 0 Å². The molecule has 0 heterocycles. The molecule has 2 nitrogen and oxygen atoms in total. The average molecular weight is 317 g/mol. The van der Waals surface area contributed by atoms with E-state index in [1.807, 2.05) is 13.0 Å². The zero-order chi connectivity index (χ0) is 13.7. The van der Waals surface area contributed by atoms with Gasteiger partial charge in [0.2, 0.25) is 0 Å². The highest BCUT2D eigenvalue weighted by Crippen LogP contribution is 2.22. The quantitative estimate of drug-likeness (QED) is 0.863. The smallest absolute Gasteiger partial charge is 0.128 e. The fourth-order valence-electron chi connectivity index (χ4n) is 1.90. The lowest BCUT2D eigenvalue weighted by molar-refractivity contribution is 0.352. The maximum absolute atomic E-state index is 13.7. The minimum atomic E-state index is -0.155. The van der Waals surface area contributed by atoms with Crippen LogP contribution < -0.4 is 5.32 Å². The van der Waals surface area contributed by atoms with Crippen molar-refractivity contribution < 1.29 is 4.39 Å². The van der Waals surface area contributed by atoms with E-state index in [1.165, 1.54) is 6.07 Å². The Labute approximate surface area is 118 Å². The lowest BCUT2D eigenvalue weighted by atomic mass is 10.1. The molecule has 102 valence electrons. The SMILES string of the molecule is CC(CCN(C)C)NC(C)c1cc(Br)ccc1F. The number of nitrogens with one attached hydrogen (secondary N) is 1. The second kappa shape index (κ2) is 7.22. The van der Waals surface area contributed by atoms with Crippen molar-refractivity contribution in [3.05, 3.63) is 34.1 Å². The molecule has 1 rings (SSSR count). The van der Waals surface area contributed by atoms with E-state index >= 15 is 0 Å². The summed E-state index contributed by atoms with van der Waals surface area (Å²) in [5.74, 6) is -0.155. The number of halogens is 2. The van der Waals surface area contributed by atoms with Crippen LogP contribution >= 0.6 is 15.9 Å². The molecule has 0 aliphatic heterocycles. The first-order valence-corrected chi connectivity index (χ1v) is 7.05. The van der Waals surface area contributed by atoms with Gasteiger partial charge in [-0.2, -0.15) is 0 Å². The van der Waals surface area contributed by atoms with Crippen LogP contribution in [0.15, 0.2) is 22.7 Å². The second-order valence-corrected chi connectivity index (χ2v) is 5.96. The fraction of sp³-hybridized carbons (Fsp3) is 0.571. The Morgan fingerprint density at radius 3 is 2.61 bits per heavy atom. The van der Waals surface area contributed by atoms with Gasteiger partial charge in [-0.25, -0.2) is 4.39 Å². The molecule has 4 heteroatoms. The largest absolute Gasteiger partial charge is 0.309 e. The molecule has 1 aromatic rings. The Bertz CT molecular complexity index is 382. The van der Waals surface area contributed by atoms with Crippen molar-refractivity contribution in [2.45, 2.75) is 32.4 Å². The van der Waals surface area contributed by atoms with Gasteiger partial charge in [0.1, 0.15) is 5.82 Å². The lowest BCUT2D eigenvalue weighted by Gasteiger charge is -2.22. The average Bonchev–Trinajstić information content (AvgIpc) is 2.29. The Morgan fingerprint density at radius 1 is 1.33 bits per heavy atom. The molecule has 0 saturated heterocycles. The molecule has 1 N–H and O–H groups in total. The van der Waals surface area contributed by atoms with Gasteiger partial charge in [-0.3, -0.25) is 0 Å². The van der Waals surface area contributed by atoms with Crippen molar-refractivity contribution in [1.29, 1.82) is 0 Å². The van der Waals surface area contributed by atoms with Crippen LogP contribution in [0.3, 0.4) is 0 Å². The van der Waals surface area contributed by atoms with Gasteiger partial charge in [-0.05, 0) is 59.1 Å². The number of rotatable bonds is 6. The molecule has 0 saturated carbocycles. The molecule has 0 aliphatic carbocycles. The van der Waals surface area contributed by atoms with Crippen molar-refractivity contribution in [3.63, 3.8) is 0 Å². The summed E-state index contributed by atoms with van der Waals surface area (Å²) in [5.41, 5.74) is 0.709. The Morgan fingerprint density at radius 2 is 2.00 bits per heavy atom. The number of nitrogens with zero attached hydrogens (tertiary/aromatic N) is 1. The summed E-state index contributed by atoms with van der Waals surface area (Å²) < 4.78 is 14.6. The first-order valence-electron chi connectivity index (χ1n) is 6.26. The Hall–Kier alpha value is -0.450. The van der Waals surface area contributed by atoms with E-state index in [2.05, 4.69) is 47.2 Å². The molecule has 0 spiro atoms. The molecule has 2 atom stereocenters. The Kier molecular flexibility index (Phi) is 6.26. The maximum Gasteiger partial charge on any atom is 0.128 e. The van der Waals surface area contributed by atoms with E-state index < -0.39 is 0 Å². The van der Waals surface area contributed by atoms with E-state index in [0.717, 1.165) is 17.4 Å². The topological polar surface area (TPSA) is 15.3 Å². The van der Waals surface area contributed by atoms with Gasteiger partial charge in [-0.15, -0.1) is 0 Å². The molecule has 0 aliphatic rings. The van der Waals surface area contributed by atoms with Crippen molar-refractivity contribution >= 4 is 15.9 Å². The molecular weight excluding hydrogens is 295 g/mol. The van der Waals surface area contributed by atoms with Gasteiger partial charge in [-0.1, -0.05) is 15.9 Å². The molecule has 0 bridgehead atoms. The van der Waals surface area contributed by atoms with Gasteiger partial charge in [0, 0.05) is 22.1 Å². The molecule has 2 unspecified atom stereocenters. The second-order valence-electron chi connectivity index (χ2n) is 5.05. The predicted octanol–water partition coefficient (Wildman–Crippen LogP) is 3.58. The minimum absolute atomic E-state index is 0.0136. The summed E-state index contributed by atoms with van der Waals surface area (Å²) in [7, 11) is 4.12. The van der Waals surface area contributed by atoms with Crippen LogP contribution in [0.2, 0.25) is 0 Å². The third-order valence-electron chi connectivity index (χ3n) is 2.97. The fourth-order valence-corrected chi connectivity index (χ4v) is 2.28. The highest BCUT2D eigenvalue weighted by molar-refractivity contribution is 9.10. The molecular formula is C14H22BrFN2. The van der Waals surface area contributed by atoms with Gasteiger partial charge < -0.3 is 10.2 Å². The third kappa shape index (κ3) is 5.04.